The highest BCUT2D eigenvalue weighted by molar-refractivity contribution is 5.78. The maximum Gasteiger partial charge on any atom is 0.224 e. The quantitative estimate of drug-likeness (QED) is 0.701. The van der Waals surface area contributed by atoms with Crippen molar-refractivity contribution in [1.82, 2.24) is 10.2 Å². The number of anilines is 1. The summed E-state index contributed by atoms with van der Waals surface area (Å²) in [6.45, 7) is 8.06. The van der Waals surface area contributed by atoms with E-state index >= 15 is 0 Å². The van der Waals surface area contributed by atoms with Crippen molar-refractivity contribution in [2.24, 2.45) is 0 Å². The lowest BCUT2D eigenvalue weighted by atomic mass is 10.1. The van der Waals surface area contributed by atoms with Crippen LogP contribution in [0, 0.1) is 0 Å². The Labute approximate surface area is 116 Å². The van der Waals surface area contributed by atoms with Crippen molar-refractivity contribution in [2.75, 3.05) is 31.9 Å². The van der Waals surface area contributed by atoms with Gasteiger partial charge in [-0.2, -0.15) is 0 Å². The number of nitrogen functional groups attached to an aromatic ring is 1. The maximum absolute atomic E-state index is 11.8. The van der Waals surface area contributed by atoms with Crippen molar-refractivity contribution in [3.8, 4) is 0 Å². The molecule has 0 fully saturated rings. The lowest BCUT2D eigenvalue weighted by Gasteiger charge is -2.19. The number of amides is 1. The van der Waals surface area contributed by atoms with Crippen LogP contribution in [0.1, 0.15) is 25.8 Å². The number of benzene rings is 1. The smallest absolute Gasteiger partial charge is 0.224 e. The lowest BCUT2D eigenvalue weighted by molar-refractivity contribution is -0.120. The fourth-order valence-corrected chi connectivity index (χ4v) is 1.98. The Morgan fingerprint density at radius 2 is 1.89 bits per heavy atom. The van der Waals surface area contributed by atoms with Crippen molar-refractivity contribution in [2.45, 2.75) is 26.7 Å². The van der Waals surface area contributed by atoms with Gasteiger partial charge in [-0.15, -0.1) is 0 Å². The molecule has 106 valence electrons. The van der Waals surface area contributed by atoms with Crippen LogP contribution < -0.4 is 11.1 Å². The Bertz CT molecular complexity index is 375. The van der Waals surface area contributed by atoms with Crippen LogP contribution in [0.5, 0.6) is 0 Å². The van der Waals surface area contributed by atoms with Crippen LogP contribution in [0.3, 0.4) is 0 Å². The van der Waals surface area contributed by atoms with E-state index in [2.05, 4.69) is 24.1 Å². The van der Waals surface area contributed by atoms with Gasteiger partial charge in [0.15, 0.2) is 0 Å². The van der Waals surface area contributed by atoms with E-state index in [1.54, 1.807) is 0 Å². The lowest BCUT2D eigenvalue weighted by Crippen LogP contribution is -2.35. The summed E-state index contributed by atoms with van der Waals surface area (Å²) in [7, 11) is 0. The van der Waals surface area contributed by atoms with Gasteiger partial charge >= 0.3 is 0 Å². The molecule has 1 aromatic carbocycles. The van der Waals surface area contributed by atoms with Gasteiger partial charge in [0.2, 0.25) is 5.91 Å². The van der Waals surface area contributed by atoms with Crippen molar-refractivity contribution >= 4 is 11.6 Å². The first-order valence-corrected chi connectivity index (χ1v) is 6.99. The van der Waals surface area contributed by atoms with Crippen LogP contribution in [0.2, 0.25) is 0 Å². The number of carbonyl (C=O) groups excluding carboxylic acids is 1. The number of rotatable bonds is 8. The molecule has 0 aromatic heterocycles. The molecule has 0 aliphatic rings. The van der Waals surface area contributed by atoms with Crippen LogP contribution >= 0.6 is 0 Å². The van der Waals surface area contributed by atoms with Gasteiger partial charge in [0, 0.05) is 18.8 Å². The van der Waals surface area contributed by atoms with E-state index in [1.807, 2.05) is 24.3 Å². The van der Waals surface area contributed by atoms with E-state index < -0.39 is 0 Å². The van der Waals surface area contributed by atoms with Crippen LogP contribution in [0.4, 0.5) is 5.69 Å². The monoisotopic (exact) mass is 263 g/mol. The molecule has 0 aliphatic carbocycles. The number of carbonyl (C=O) groups is 1. The molecular weight excluding hydrogens is 238 g/mol. The molecule has 0 bridgehead atoms. The third-order valence-electron chi connectivity index (χ3n) is 3.08. The zero-order valence-corrected chi connectivity index (χ0v) is 12.0. The molecular formula is C15H25N3O. The number of hydrogen-bond acceptors (Lipinski definition) is 3. The molecule has 0 heterocycles. The molecule has 0 spiro atoms. The summed E-state index contributed by atoms with van der Waals surface area (Å²) in [5.74, 6) is 0.0670. The summed E-state index contributed by atoms with van der Waals surface area (Å²) < 4.78 is 0. The summed E-state index contributed by atoms with van der Waals surface area (Å²) in [4.78, 5) is 14.1. The van der Waals surface area contributed by atoms with Crippen LogP contribution in [-0.4, -0.2) is 37.0 Å². The highest BCUT2D eigenvalue weighted by Crippen LogP contribution is 2.05. The van der Waals surface area contributed by atoms with Crippen LogP contribution in [0.25, 0.3) is 0 Å². The average molecular weight is 263 g/mol. The number of nitrogens with two attached hydrogens (primary N) is 1. The van der Waals surface area contributed by atoms with Crippen LogP contribution in [0.15, 0.2) is 24.3 Å². The fraction of sp³-hybridized carbons (Fsp3) is 0.533. The van der Waals surface area contributed by atoms with Gasteiger partial charge in [0.05, 0.1) is 6.42 Å². The zero-order valence-electron chi connectivity index (χ0n) is 12.0. The first-order chi connectivity index (χ1) is 9.15. The molecule has 1 amide bonds. The molecule has 3 N–H and O–H groups in total. The van der Waals surface area contributed by atoms with Crippen molar-refractivity contribution < 1.29 is 4.79 Å². The topological polar surface area (TPSA) is 58.4 Å². The van der Waals surface area contributed by atoms with Gasteiger partial charge < -0.3 is 16.0 Å². The minimum atomic E-state index is 0.0670. The molecule has 0 saturated heterocycles. The predicted molar refractivity (Wildman–Crippen MR) is 80.0 cm³/mol. The second-order valence-electron chi connectivity index (χ2n) is 4.70. The first kappa shape index (κ1) is 15.5. The van der Waals surface area contributed by atoms with Gasteiger partial charge in [-0.1, -0.05) is 26.0 Å². The maximum atomic E-state index is 11.8. The predicted octanol–water partition coefficient (Wildman–Crippen LogP) is 1.66. The van der Waals surface area contributed by atoms with E-state index in [4.69, 9.17) is 5.73 Å². The molecule has 0 radical (unpaired) electrons. The zero-order chi connectivity index (χ0) is 14.1. The Morgan fingerprint density at radius 3 is 2.47 bits per heavy atom. The number of hydrogen-bond donors (Lipinski definition) is 2. The summed E-state index contributed by atoms with van der Waals surface area (Å²) >= 11 is 0. The van der Waals surface area contributed by atoms with Gasteiger partial charge in [-0.3, -0.25) is 4.79 Å². The number of nitrogens with one attached hydrogen (secondary N) is 1. The molecule has 19 heavy (non-hydrogen) atoms. The summed E-state index contributed by atoms with van der Waals surface area (Å²) in [5.41, 5.74) is 7.33. The van der Waals surface area contributed by atoms with Crippen molar-refractivity contribution in [1.29, 1.82) is 0 Å². The average Bonchev–Trinajstić information content (AvgIpc) is 2.40. The SMILES string of the molecule is CCCN(CC)CCNC(=O)Cc1ccc(N)cc1. The molecule has 0 saturated carbocycles. The van der Waals surface area contributed by atoms with Crippen LogP contribution in [-0.2, 0) is 11.2 Å². The highest BCUT2D eigenvalue weighted by atomic mass is 16.1. The molecule has 0 atom stereocenters. The van der Waals surface area contributed by atoms with Crippen molar-refractivity contribution in [3.63, 3.8) is 0 Å². The first-order valence-electron chi connectivity index (χ1n) is 6.99. The molecule has 4 nitrogen and oxygen atoms in total. The molecule has 1 rings (SSSR count). The van der Waals surface area contributed by atoms with Gasteiger partial charge in [-0.25, -0.2) is 0 Å². The van der Waals surface area contributed by atoms with Crippen molar-refractivity contribution in [3.05, 3.63) is 29.8 Å². The minimum absolute atomic E-state index is 0.0670. The second kappa shape index (κ2) is 8.53. The minimum Gasteiger partial charge on any atom is -0.399 e. The molecule has 4 heteroatoms. The Hall–Kier alpha value is -1.55. The van der Waals surface area contributed by atoms with Gasteiger partial charge in [0.1, 0.15) is 0 Å². The Kier molecular flexibility index (Phi) is 6.97. The third-order valence-corrected chi connectivity index (χ3v) is 3.08. The molecule has 0 aliphatic heterocycles. The summed E-state index contributed by atoms with van der Waals surface area (Å²) in [6.07, 6.45) is 1.56. The van der Waals surface area contributed by atoms with E-state index in [9.17, 15) is 4.79 Å². The standard InChI is InChI=1S/C15H25N3O/c1-3-10-18(4-2)11-9-17-15(19)12-13-5-7-14(16)8-6-13/h5-8H,3-4,9-12,16H2,1-2H3,(H,17,19). The van der Waals surface area contributed by atoms with Gasteiger partial charge in [-0.05, 0) is 37.2 Å². The highest BCUT2D eigenvalue weighted by Gasteiger charge is 2.04. The van der Waals surface area contributed by atoms with Gasteiger partial charge in [0.25, 0.3) is 0 Å². The van der Waals surface area contributed by atoms with E-state index in [1.165, 1.54) is 0 Å². The number of likely N-dealkylation sites (N-methyl/N-ethyl adjacent to an activating group) is 1. The fourth-order valence-electron chi connectivity index (χ4n) is 1.98. The summed E-state index contributed by atoms with van der Waals surface area (Å²) in [6, 6.07) is 7.43. The largest absolute Gasteiger partial charge is 0.399 e. The third kappa shape index (κ3) is 6.25. The Balaban J connectivity index is 2.26. The number of nitrogens with zero attached hydrogens (tertiary/aromatic N) is 1. The normalized spacial score (nSPS) is 10.7. The second-order valence-corrected chi connectivity index (χ2v) is 4.70. The molecule has 0 unspecified atom stereocenters. The molecule has 1 aromatic rings. The van der Waals surface area contributed by atoms with E-state index in [0.29, 0.717) is 13.0 Å². The Morgan fingerprint density at radius 1 is 1.21 bits per heavy atom. The summed E-state index contributed by atoms with van der Waals surface area (Å²) in [5, 5.41) is 2.96. The van der Waals surface area contributed by atoms with E-state index in [-0.39, 0.29) is 5.91 Å². The van der Waals surface area contributed by atoms with E-state index in [0.717, 1.165) is 37.3 Å².